The van der Waals surface area contributed by atoms with Crippen molar-refractivity contribution in [3.63, 3.8) is 0 Å². The van der Waals surface area contributed by atoms with Crippen LogP contribution in [0.3, 0.4) is 0 Å². The van der Waals surface area contributed by atoms with Gasteiger partial charge in [0.15, 0.2) is 0 Å². The summed E-state index contributed by atoms with van der Waals surface area (Å²) in [4.78, 5) is 12.6. The molecule has 0 aromatic heterocycles. The predicted octanol–water partition coefficient (Wildman–Crippen LogP) is 3.12. The van der Waals surface area contributed by atoms with Crippen LogP contribution in [0.5, 0.6) is 0 Å². The molecule has 1 aliphatic heterocycles. The Labute approximate surface area is 171 Å². The molecule has 1 amide bonds. The molecule has 0 radical (unpaired) electrons. The summed E-state index contributed by atoms with van der Waals surface area (Å²) in [5.41, 5.74) is 1.64. The first-order valence-corrected chi connectivity index (χ1v) is 12.1. The summed E-state index contributed by atoms with van der Waals surface area (Å²) < 4.78 is 54.1. The van der Waals surface area contributed by atoms with Crippen LogP contribution in [-0.4, -0.2) is 28.5 Å². The molecule has 0 spiro atoms. The number of carbonyl (C=O) groups excluding carboxylic acids is 1. The molecule has 1 N–H and O–H groups in total. The SMILES string of the molecule is Cc1ccc(C)c(NS(=O)(=O)c2ccc(N3C(=O)C(C)(C)CS3(=O)=O)cc2C)c1. The third kappa shape index (κ3) is 3.89. The number of aryl methyl sites for hydroxylation is 3. The summed E-state index contributed by atoms with van der Waals surface area (Å²) in [6, 6.07) is 9.55. The largest absolute Gasteiger partial charge is 0.279 e. The van der Waals surface area contributed by atoms with Gasteiger partial charge >= 0.3 is 0 Å². The van der Waals surface area contributed by atoms with Crippen LogP contribution in [0.1, 0.15) is 30.5 Å². The zero-order valence-electron chi connectivity index (χ0n) is 17.0. The number of carbonyl (C=O) groups is 1. The molecule has 1 aliphatic rings. The van der Waals surface area contributed by atoms with Crippen LogP contribution in [0.25, 0.3) is 0 Å². The second-order valence-corrected chi connectivity index (χ2v) is 11.6. The molecule has 0 unspecified atom stereocenters. The molecule has 0 atom stereocenters. The lowest BCUT2D eigenvalue weighted by Crippen LogP contribution is -2.33. The Balaban J connectivity index is 2.00. The Morgan fingerprint density at radius 1 is 1.00 bits per heavy atom. The molecule has 0 saturated carbocycles. The second kappa shape index (κ2) is 6.84. The summed E-state index contributed by atoms with van der Waals surface area (Å²) in [6.45, 7) is 8.39. The number of hydrogen-bond donors (Lipinski definition) is 1. The van der Waals surface area contributed by atoms with Gasteiger partial charge in [0.1, 0.15) is 0 Å². The van der Waals surface area contributed by atoms with Crippen molar-refractivity contribution in [2.24, 2.45) is 5.41 Å². The summed E-state index contributed by atoms with van der Waals surface area (Å²) in [6.07, 6.45) is 0. The van der Waals surface area contributed by atoms with Crippen LogP contribution < -0.4 is 9.03 Å². The normalized spacial score (nSPS) is 18.1. The van der Waals surface area contributed by atoms with Crippen molar-refractivity contribution in [1.29, 1.82) is 0 Å². The predicted molar refractivity (Wildman–Crippen MR) is 113 cm³/mol. The Morgan fingerprint density at radius 3 is 2.21 bits per heavy atom. The third-order valence-corrected chi connectivity index (χ3v) is 8.45. The first kappa shape index (κ1) is 21.3. The summed E-state index contributed by atoms with van der Waals surface area (Å²) in [5, 5.41) is 0. The van der Waals surface area contributed by atoms with Gasteiger partial charge < -0.3 is 0 Å². The molecule has 0 bridgehead atoms. The van der Waals surface area contributed by atoms with Gasteiger partial charge in [-0.05, 0) is 75.6 Å². The molecule has 1 saturated heterocycles. The maximum atomic E-state index is 12.9. The fourth-order valence-corrected chi connectivity index (χ4v) is 6.82. The highest BCUT2D eigenvalue weighted by Crippen LogP contribution is 2.37. The van der Waals surface area contributed by atoms with Crippen LogP contribution in [0.2, 0.25) is 0 Å². The molecular formula is C20H24N2O5S2. The van der Waals surface area contributed by atoms with Crippen molar-refractivity contribution in [2.75, 3.05) is 14.8 Å². The molecule has 7 nitrogen and oxygen atoms in total. The van der Waals surface area contributed by atoms with Gasteiger partial charge in [-0.2, -0.15) is 0 Å². The summed E-state index contributed by atoms with van der Waals surface area (Å²) >= 11 is 0. The Kier molecular flexibility index (Phi) is 5.03. The zero-order chi connectivity index (χ0) is 21.8. The number of benzene rings is 2. The first-order valence-electron chi connectivity index (χ1n) is 9.03. The molecule has 3 rings (SSSR count). The van der Waals surface area contributed by atoms with Gasteiger partial charge in [0.05, 0.1) is 27.4 Å². The fourth-order valence-electron chi connectivity index (χ4n) is 3.37. The molecular weight excluding hydrogens is 412 g/mol. The van der Waals surface area contributed by atoms with Crippen molar-refractivity contribution in [3.05, 3.63) is 53.1 Å². The van der Waals surface area contributed by atoms with Gasteiger partial charge in [-0.25, -0.2) is 21.1 Å². The van der Waals surface area contributed by atoms with Crippen molar-refractivity contribution < 1.29 is 21.6 Å². The minimum absolute atomic E-state index is 0.0189. The van der Waals surface area contributed by atoms with Gasteiger partial charge in [0, 0.05) is 0 Å². The van der Waals surface area contributed by atoms with Gasteiger partial charge in [-0.15, -0.1) is 0 Å². The monoisotopic (exact) mass is 436 g/mol. The van der Waals surface area contributed by atoms with Crippen LogP contribution in [0.4, 0.5) is 11.4 Å². The molecule has 1 heterocycles. The van der Waals surface area contributed by atoms with E-state index in [2.05, 4.69) is 4.72 Å². The number of amides is 1. The standard InChI is InChI=1S/C20H24N2O5S2/c1-13-6-7-14(2)17(10-13)21-29(26,27)18-9-8-16(11-15(18)3)22-19(23)20(4,5)12-28(22,24)25/h6-11,21H,12H2,1-5H3. The van der Waals surface area contributed by atoms with E-state index in [-0.39, 0.29) is 16.3 Å². The quantitative estimate of drug-likeness (QED) is 0.794. The highest BCUT2D eigenvalue weighted by atomic mass is 32.2. The number of sulfonamides is 2. The maximum absolute atomic E-state index is 12.9. The summed E-state index contributed by atoms with van der Waals surface area (Å²) in [5.74, 6) is -0.812. The van der Waals surface area contributed by atoms with E-state index in [1.165, 1.54) is 18.2 Å². The zero-order valence-corrected chi connectivity index (χ0v) is 18.6. The molecule has 1 fully saturated rings. The molecule has 2 aromatic rings. The van der Waals surface area contributed by atoms with E-state index in [1.807, 2.05) is 19.1 Å². The average Bonchev–Trinajstić information content (AvgIpc) is 2.73. The second-order valence-electron chi connectivity index (χ2n) is 8.08. The topological polar surface area (TPSA) is 101 Å². The lowest BCUT2D eigenvalue weighted by molar-refractivity contribution is -0.123. The van der Waals surface area contributed by atoms with Gasteiger partial charge in [-0.1, -0.05) is 12.1 Å². The van der Waals surface area contributed by atoms with E-state index >= 15 is 0 Å². The van der Waals surface area contributed by atoms with Gasteiger partial charge in [0.2, 0.25) is 15.9 Å². The number of hydrogen-bond acceptors (Lipinski definition) is 5. The van der Waals surface area contributed by atoms with Crippen molar-refractivity contribution in [2.45, 2.75) is 39.5 Å². The lowest BCUT2D eigenvalue weighted by Gasteiger charge is -2.19. The van der Waals surface area contributed by atoms with Crippen molar-refractivity contribution in [3.8, 4) is 0 Å². The van der Waals surface area contributed by atoms with Gasteiger partial charge in [0.25, 0.3) is 10.0 Å². The number of anilines is 2. The van der Waals surface area contributed by atoms with Crippen LogP contribution >= 0.6 is 0 Å². The van der Waals surface area contributed by atoms with Crippen LogP contribution in [-0.2, 0) is 24.8 Å². The number of nitrogens with one attached hydrogen (secondary N) is 1. The van der Waals surface area contributed by atoms with E-state index in [1.54, 1.807) is 33.8 Å². The highest BCUT2D eigenvalue weighted by molar-refractivity contribution is 7.94. The van der Waals surface area contributed by atoms with E-state index < -0.39 is 31.4 Å². The van der Waals surface area contributed by atoms with Crippen LogP contribution in [0, 0.1) is 26.2 Å². The van der Waals surface area contributed by atoms with E-state index in [9.17, 15) is 21.6 Å². The van der Waals surface area contributed by atoms with Gasteiger partial charge in [-0.3, -0.25) is 9.52 Å². The highest BCUT2D eigenvalue weighted by Gasteiger charge is 2.50. The molecule has 29 heavy (non-hydrogen) atoms. The Morgan fingerprint density at radius 2 is 1.66 bits per heavy atom. The van der Waals surface area contributed by atoms with E-state index in [0.29, 0.717) is 11.3 Å². The molecule has 0 aliphatic carbocycles. The minimum atomic E-state index is -3.89. The third-order valence-electron chi connectivity index (χ3n) is 4.90. The smallest absolute Gasteiger partial charge is 0.262 e. The number of nitrogens with zero attached hydrogens (tertiary/aromatic N) is 1. The van der Waals surface area contributed by atoms with E-state index in [4.69, 9.17) is 0 Å². The average molecular weight is 437 g/mol. The first-order chi connectivity index (χ1) is 13.2. The van der Waals surface area contributed by atoms with Crippen molar-refractivity contribution in [1.82, 2.24) is 0 Å². The number of rotatable bonds is 4. The van der Waals surface area contributed by atoms with Crippen molar-refractivity contribution >= 4 is 37.3 Å². The maximum Gasteiger partial charge on any atom is 0.262 e. The van der Waals surface area contributed by atoms with Crippen LogP contribution in [0.15, 0.2) is 41.3 Å². The molecule has 156 valence electrons. The summed E-state index contributed by atoms with van der Waals surface area (Å²) in [7, 11) is -7.69. The fraction of sp³-hybridized carbons (Fsp3) is 0.350. The minimum Gasteiger partial charge on any atom is -0.279 e. The molecule has 9 heteroatoms. The lowest BCUT2D eigenvalue weighted by atomic mass is 9.95. The Bertz CT molecular complexity index is 1220. The van der Waals surface area contributed by atoms with E-state index in [0.717, 1.165) is 15.4 Å². The molecule has 2 aromatic carbocycles. The Hall–Kier alpha value is -2.39.